The number of benzene rings is 2. The van der Waals surface area contributed by atoms with Crippen LogP contribution in [0.15, 0.2) is 48.5 Å². The molecule has 2 aromatic carbocycles. The molecule has 0 unspecified atom stereocenters. The van der Waals surface area contributed by atoms with Crippen molar-refractivity contribution in [2.24, 2.45) is 0 Å². The molecule has 2 amide bonds. The predicted octanol–water partition coefficient (Wildman–Crippen LogP) is 2.66. The highest BCUT2D eigenvalue weighted by molar-refractivity contribution is 6.31. The Kier molecular flexibility index (Phi) is 6.35. The number of anilines is 1. The molecule has 3 N–H and O–H groups in total. The Morgan fingerprint density at radius 3 is 2.46 bits per heavy atom. The highest BCUT2D eigenvalue weighted by Crippen LogP contribution is 2.21. The molecule has 6 heteroatoms. The monoisotopic (exact) mass is 345 g/mol. The van der Waals surface area contributed by atoms with Gasteiger partial charge in [0.05, 0.1) is 6.54 Å². The lowest BCUT2D eigenvalue weighted by Crippen LogP contribution is -2.39. The Morgan fingerprint density at radius 1 is 1.12 bits per heavy atom. The van der Waals surface area contributed by atoms with Crippen LogP contribution >= 0.6 is 11.6 Å². The average molecular weight is 346 g/mol. The number of aryl methyl sites for hydroxylation is 1. The predicted molar refractivity (Wildman–Crippen MR) is 96.1 cm³/mol. The molecule has 5 nitrogen and oxygen atoms in total. The second-order valence-electron chi connectivity index (χ2n) is 5.35. The normalized spacial score (nSPS) is 11.6. The molecule has 0 heterocycles. The van der Waals surface area contributed by atoms with E-state index in [1.54, 1.807) is 19.2 Å². The molecule has 0 aliphatic carbocycles. The Morgan fingerprint density at radius 2 is 1.83 bits per heavy atom. The van der Waals surface area contributed by atoms with Crippen LogP contribution in [0, 0.1) is 6.92 Å². The summed E-state index contributed by atoms with van der Waals surface area (Å²) >= 11 is 6.10. The summed E-state index contributed by atoms with van der Waals surface area (Å²) in [5.41, 5.74) is 2.32. The first-order valence-electron chi connectivity index (χ1n) is 7.57. The van der Waals surface area contributed by atoms with Crippen LogP contribution in [0.1, 0.15) is 17.2 Å². The molecular weight excluding hydrogens is 326 g/mol. The van der Waals surface area contributed by atoms with Gasteiger partial charge in [-0.2, -0.15) is 0 Å². The molecule has 2 rings (SSSR count). The van der Waals surface area contributed by atoms with Crippen LogP contribution in [0.3, 0.4) is 0 Å². The number of hydrogen-bond acceptors (Lipinski definition) is 3. The Bertz CT molecular complexity index is 719. The van der Waals surface area contributed by atoms with Gasteiger partial charge in [-0.25, -0.2) is 0 Å². The van der Waals surface area contributed by atoms with Gasteiger partial charge in [0.15, 0.2) is 0 Å². The smallest absolute Gasteiger partial charge is 0.246 e. The molecule has 0 radical (unpaired) electrons. The van der Waals surface area contributed by atoms with E-state index in [1.165, 1.54) is 0 Å². The summed E-state index contributed by atoms with van der Waals surface area (Å²) < 4.78 is 0. The first-order chi connectivity index (χ1) is 11.5. The average Bonchev–Trinajstić information content (AvgIpc) is 2.59. The lowest BCUT2D eigenvalue weighted by molar-refractivity contribution is -0.120. The molecular formula is C18H20ClN3O2. The molecule has 0 aliphatic rings. The molecule has 0 aliphatic heterocycles. The number of halogens is 1. The number of amides is 2. The summed E-state index contributed by atoms with van der Waals surface area (Å²) in [6, 6.07) is 13.9. The summed E-state index contributed by atoms with van der Waals surface area (Å²) in [5.74, 6) is -0.452. The van der Waals surface area contributed by atoms with Crippen molar-refractivity contribution in [1.29, 1.82) is 0 Å². The number of hydrogen-bond donors (Lipinski definition) is 3. The van der Waals surface area contributed by atoms with E-state index in [0.717, 1.165) is 11.1 Å². The highest BCUT2D eigenvalue weighted by Gasteiger charge is 2.21. The van der Waals surface area contributed by atoms with E-state index in [4.69, 9.17) is 11.6 Å². The highest BCUT2D eigenvalue weighted by atomic mass is 35.5. The first kappa shape index (κ1) is 18.0. The molecule has 0 saturated carbocycles. The number of likely N-dealkylation sites (N-methyl/N-ethyl adjacent to an activating group) is 1. The third-order valence-electron chi connectivity index (χ3n) is 3.58. The Balaban J connectivity index is 2.17. The minimum Gasteiger partial charge on any atom is -0.358 e. The summed E-state index contributed by atoms with van der Waals surface area (Å²) in [7, 11) is 1.55. The Labute approximate surface area is 146 Å². The van der Waals surface area contributed by atoms with Crippen LogP contribution in [0.25, 0.3) is 0 Å². The van der Waals surface area contributed by atoms with E-state index in [2.05, 4.69) is 16.0 Å². The zero-order chi connectivity index (χ0) is 17.5. The van der Waals surface area contributed by atoms with Crippen molar-refractivity contribution >= 4 is 29.1 Å². The van der Waals surface area contributed by atoms with Crippen LogP contribution in [0.4, 0.5) is 5.69 Å². The minimum absolute atomic E-state index is 0.0398. The van der Waals surface area contributed by atoms with Gasteiger partial charge < -0.3 is 10.6 Å². The lowest BCUT2D eigenvalue weighted by atomic mass is 10.1. The maximum absolute atomic E-state index is 12.7. The number of rotatable bonds is 6. The molecule has 2 aromatic rings. The second-order valence-corrected chi connectivity index (χ2v) is 5.76. The van der Waals surface area contributed by atoms with Crippen molar-refractivity contribution in [3.8, 4) is 0 Å². The largest absolute Gasteiger partial charge is 0.358 e. The second kappa shape index (κ2) is 8.47. The van der Waals surface area contributed by atoms with Crippen LogP contribution < -0.4 is 16.0 Å². The van der Waals surface area contributed by atoms with Gasteiger partial charge >= 0.3 is 0 Å². The molecule has 1 atom stereocenters. The van der Waals surface area contributed by atoms with Crippen LogP contribution in [-0.2, 0) is 9.59 Å². The molecule has 24 heavy (non-hydrogen) atoms. The van der Waals surface area contributed by atoms with Crippen molar-refractivity contribution in [3.63, 3.8) is 0 Å². The van der Waals surface area contributed by atoms with Gasteiger partial charge in [0, 0.05) is 17.8 Å². The van der Waals surface area contributed by atoms with Crippen LogP contribution in [0.2, 0.25) is 5.02 Å². The molecule has 0 spiro atoms. The van der Waals surface area contributed by atoms with E-state index in [0.29, 0.717) is 10.7 Å². The van der Waals surface area contributed by atoms with Crippen molar-refractivity contribution < 1.29 is 9.59 Å². The fourth-order valence-electron chi connectivity index (χ4n) is 2.18. The van der Waals surface area contributed by atoms with Gasteiger partial charge in [-0.15, -0.1) is 0 Å². The van der Waals surface area contributed by atoms with E-state index in [1.807, 2.05) is 43.3 Å². The van der Waals surface area contributed by atoms with Crippen molar-refractivity contribution in [2.45, 2.75) is 13.0 Å². The minimum atomic E-state index is -0.649. The van der Waals surface area contributed by atoms with Gasteiger partial charge in [-0.05, 0) is 30.2 Å². The third-order valence-corrected chi connectivity index (χ3v) is 3.99. The number of nitrogens with one attached hydrogen (secondary N) is 3. The zero-order valence-corrected chi connectivity index (χ0v) is 14.4. The van der Waals surface area contributed by atoms with Crippen LogP contribution in [0.5, 0.6) is 0 Å². The van der Waals surface area contributed by atoms with Gasteiger partial charge in [0.25, 0.3) is 0 Å². The molecule has 0 bridgehead atoms. The van der Waals surface area contributed by atoms with Crippen molar-refractivity contribution in [1.82, 2.24) is 10.6 Å². The first-order valence-corrected chi connectivity index (χ1v) is 7.95. The summed E-state index contributed by atoms with van der Waals surface area (Å²) in [5, 5.41) is 8.92. The van der Waals surface area contributed by atoms with Gasteiger partial charge in [0.2, 0.25) is 11.8 Å². The van der Waals surface area contributed by atoms with Crippen molar-refractivity contribution in [2.75, 3.05) is 18.9 Å². The molecule has 0 fully saturated rings. The van der Waals surface area contributed by atoms with Gasteiger partial charge in [0.1, 0.15) is 6.04 Å². The topological polar surface area (TPSA) is 70.2 Å². The fraction of sp³-hybridized carbons (Fsp3) is 0.222. The molecule has 0 aromatic heterocycles. The zero-order valence-electron chi connectivity index (χ0n) is 13.6. The SMILES string of the molecule is CNC(=O)CN[C@H](C(=O)Nc1ccc(C)c(Cl)c1)c1ccccc1. The van der Waals surface area contributed by atoms with Gasteiger partial charge in [-0.1, -0.05) is 48.0 Å². The third kappa shape index (κ3) is 4.81. The van der Waals surface area contributed by atoms with Crippen LogP contribution in [-0.4, -0.2) is 25.4 Å². The van der Waals surface area contributed by atoms with E-state index in [9.17, 15) is 9.59 Å². The van der Waals surface area contributed by atoms with Crippen molar-refractivity contribution in [3.05, 3.63) is 64.7 Å². The standard InChI is InChI=1S/C18H20ClN3O2/c1-12-8-9-14(10-15(12)19)22-18(24)17(21-11-16(23)20-2)13-6-4-3-5-7-13/h3-10,17,21H,11H2,1-2H3,(H,20,23)(H,22,24)/t17-/m0/s1. The van der Waals surface area contributed by atoms with E-state index >= 15 is 0 Å². The van der Waals surface area contributed by atoms with Gasteiger partial charge in [-0.3, -0.25) is 14.9 Å². The number of carbonyl (C=O) groups excluding carboxylic acids is 2. The maximum Gasteiger partial charge on any atom is 0.246 e. The molecule has 0 saturated heterocycles. The maximum atomic E-state index is 12.7. The quantitative estimate of drug-likeness (QED) is 0.753. The van der Waals surface area contributed by atoms with E-state index in [-0.39, 0.29) is 18.4 Å². The lowest BCUT2D eigenvalue weighted by Gasteiger charge is -2.19. The fourth-order valence-corrected chi connectivity index (χ4v) is 2.36. The molecule has 126 valence electrons. The summed E-state index contributed by atoms with van der Waals surface area (Å²) in [6.07, 6.45) is 0. The summed E-state index contributed by atoms with van der Waals surface area (Å²) in [6.45, 7) is 1.93. The number of carbonyl (C=O) groups is 2. The Hall–Kier alpha value is -2.37. The van der Waals surface area contributed by atoms with E-state index < -0.39 is 6.04 Å². The summed E-state index contributed by atoms with van der Waals surface area (Å²) in [4.78, 5) is 24.1.